The van der Waals surface area contributed by atoms with Crippen LogP contribution >= 0.6 is 15.9 Å². The zero-order chi connectivity index (χ0) is 14.4. The predicted octanol–water partition coefficient (Wildman–Crippen LogP) is 2.67. The number of hydrogen-bond donors (Lipinski definition) is 2. The summed E-state index contributed by atoms with van der Waals surface area (Å²) in [5.74, 6) is 3.37. The van der Waals surface area contributed by atoms with E-state index in [1.807, 2.05) is 6.92 Å². The Hall–Kier alpha value is -1.47. The zero-order valence-corrected chi connectivity index (χ0v) is 13.3. The van der Waals surface area contributed by atoms with Gasteiger partial charge < -0.3 is 10.6 Å². The van der Waals surface area contributed by atoms with Gasteiger partial charge in [-0.2, -0.15) is 0 Å². The minimum absolute atomic E-state index is 0.211. The highest BCUT2D eigenvalue weighted by molar-refractivity contribution is 9.10. The first-order chi connectivity index (χ1) is 9.70. The molecular weight excluding hydrogens is 314 g/mol. The van der Waals surface area contributed by atoms with Crippen molar-refractivity contribution in [1.82, 2.24) is 10.6 Å². The molecule has 0 heterocycles. The van der Waals surface area contributed by atoms with Crippen molar-refractivity contribution in [2.24, 2.45) is 4.99 Å². The first-order valence-corrected chi connectivity index (χ1v) is 7.71. The monoisotopic (exact) mass is 333 g/mol. The van der Waals surface area contributed by atoms with Gasteiger partial charge in [-0.15, -0.1) is 6.42 Å². The first kappa shape index (κ1) is 14.9. The maximum Gasteiger partial charge on any atom is 0.192 e. The molecule has 4 heteroatoms. The maximum absolute atomic E-state index is 5.27. The topological polar surface area (TPSA) is 36.4 Å². The van der Waals surface area contributed by atoms with Crippen molar-refractivity contribution >= 4 is 21.9 Å². The second kappa shape index (κ2) is 6.81. The first-order valence-electron chi connectivity index (χ1n) is 6.92. The van der Waals surface area contributed by atoms with Gasteiger partial charge in [0.05, 0.1) is 13.1 Å². The molecule has 1 fully saturated rings. The fraction of sp³-hybridized carbons (Fsp3) is 0.438. The van der Waals surface area contributed by atoms with Crippen LogP contribution in [0.3, 0.4) is 0 Å². The molecular formula is C16H20BrN3. The van der Waals surface area contributed by atoms with Crippen molar-refractivity contribution in [3.05, 3.63) is 34.3 Å². The van der Waals surface area contributed by atoms with E-state index in [0.29, 0.717) is 6.54 Å². The highest BCUT2D eigenvalue weighted by Gasteiger charge is 2.44. The second-order valence-corrected chi connectivity index (χ2v) is 5.96. The molecule has 3 nitrogen and oxygen atoms in total. The number of nitrogens with zero attached hydrogens (tertiary/aromatic N) is 1. The van der Waals surface area contributed by atoms with Gasteiger partial charge in [0, 0.05) is 16.4 Å². The molecule has 1 aliphatic carbocycles. The molecule has 0 bridgehead atoms. The number of rotatable bonds is 5. The number of guanidine groups is 1. The van der Waals surface area contributed by atoms with E-state index >= 15 is 0 Å². The van der Waals surface area contributed by atoms with Crippen LogP contribution < -0.4 is 10.6 Å². The number of benzene rings is 1. The van der Waals surface area contributed by atoms with E-state index in [1.54, 1.807) is 0 Å². The molecule has 1 aliphatic rings. The molecule has 0 radical (unpaired) electrons. The van der Waals surface area contributed by atoms with E-state index < -0.39 is 0 Å². The normalized spacial score (nSPS) is 16.4. The molecule has 2 N–H and O–H groups in total. The zero-order valence-electron chi connectivity index (χ0n) is 11.7. The molecule has 0 saturated heterocycles. The Morgan fingerprint density at radius 1 is 1.45 bits per heavy atom. The summed E-state index contributed by atoms with van der Waals surface area (Å²) in [6.07, 6.45) is 7.67. The van der Waals surface area contributed by atoms with Gasteiger partial charge in [-0.3, -0.25) is 4.99 Å². The van der Waals surface area contributed by atoms with Crippen LogP contribution in [0.2, 0.25) is 0 Å². The average Bonchev–Trinajstić information content (AvgIpc) is 3.23. The third-order valence-electron chi connectivity index (χ3n) is 3.53. The summed E-state index contributed by atoms with van der Waals surface area (Å²) in [6.45, 7) is 4.17. The molecule has 0 amide bonds. The average molecular weight is 334 g/mol. The van der Waals surface area contributed by atoms with Crippen molar-refractivity contribution in [3.63, 3.8) is 0 Å². The number of terminal acetylenes is 1. The van der Waals surface area contributed by atoms with E-state index in [2.05, 4.69) is 61.7 Å². The van der Waals surface area contributed by atoms with Gasteiger partial charge >= 0.3 is 0 Å². The largest absolute Gasteiger partial charge is 0.357 e. The van der Waals surface area contributed by atoms with Gasteiger partial charge in [0.2, 0.25) is 0 Å². The lowest BCUT2D eigenvalue weighted by Crippen LogP contribution is -2.38. The number of aliphatic imine (C=N–C) groups is 1. The van der Waals surface area contributed by atoms with E-state index in [4.69, 9.17) is 6.42 Å². The summed E-state index contributed by atoms with van der Waals surface area (Å²) in [5.41, 5.74) is 1.57. The summed E-state index contributed by atoms with van der Waals surface area (Å²) in [4.78, 5) is 4.67. The van der Waals surface area contributed by atoms with Crippen LogP contribution in [0.25, 0.3) is 0 Å². The van der Waals surface area contributed by atoms with Crippen molar-refractivity contribution in [2.75, 3.05) is 19.6 Å². The van der Waals surface area contributed by atoms with Crippen LogP contribution in [0, 0.1) is 12.3 Å². The molecule has 0 aromatic heterocycles. The summed E-state index contributed by atoms with van der Waals surface area (Å²) < 4.78 is 1.13. The molecule has 1 saturated carbocycles. The number of halogens is 1. The molecule has 0 atom stereocenters. The van der Waals surface area contributed by atoms with E-state index in [1.165, 1.54) is 18.4 Å². The van der Waals surface area contributed by atoms with Crippen LogP contribution in [0.15, 0.2) is 33.7 Å². The summed E-state index contributed by atoms with van der Waals surface area (Å²) >= 11 is 3.54. The van der Waals surface area contributed by atoms with Crippen molar-refractivity contribution in [1.29, 1.82) is 0 Å². The predicted molar refractivity (Wildman–Crippen MR) is 87.9 cm³/mol. The fourth-order valence-electron chi connectivity index (χ4n) is 2.21. The molecule has 20 heavy (non-hydrogen) atoms. The van der Waals surface area contributed by atoms with Gasteiger partial charge in [-0.05, 0) is 37.5 Å². The van der Waals surface area contributed by atoms with Crippen molar-refractivity contribution in [3.8, 4) is 12.3 Å². The Kier molecular flexibility index (Phi) is 5.08. The lowest BCUT2D eigenvalue weighted by atomic mass is 9.96. The molecule has 0 unspecified atom stereocenters. The van der Waals surface area contributed by atoms with Crippen LogP contribution in [0.1, 0.15) is 25.3 Å². The van der Waals surface area contributed by atoms with Crippen LogP contribution in [0.5, 0.6) is 0 Å². The quantitative estimate of drug-likeness (QED) is 0.493. The molecule has 106 valence electrons. The van der Waals surface area contributed by atoms with E-state index in [0.717, 1.165) is 23.5 Å². The summed E-state index contributed by atoms with van der Waals surface area (Å²) in [7, 11) is 0. The van der Waals surface area contributed by atoms with Gasteiger partial charge in [-0.25, -0.2) is 0 Å². The second-order valence-electron chi connectivity index (χ2n) is 5.04. The van der Waals surface area contributed by atoms with Crippen LogP contribution in [-0.2, 0) is 5.41 Å². The minimum atomic E-state index is 0.211. The van der Waals surface area contributed by atoms with Crippen molar-refractivity contribution in [2.45, 2.75) is 25.2 Å². The van der Waals surface area contributed by atoms with Gasteiger partial charge in [-0.1, -0.05) is 34.0 Å². The summed E-state index contributed by atoms with van der Waals surface area (Å²) in [6, 6.07) is 8.53. The van der Waals surface area contributed by atoms with Crippen LogP contribution in [0.4, 0.5) is 0 Å². The molecule has 1 aromatic rings. The van der Waals surface area contributed by atoms with Gasteiger partial charge in [0.15, 0.2) is 5.96 Å². The Balaban J connectivity index is 2.06. The van der Waals surface area contributed by atoms with E-state index in [-0.39, 0.29) is 5.41 Å². The minimum Gasteiger partial charge on any atom is -0.357 e. The lowest BCUT2D eigenvalue weighted by Gasteiger charge is -2.15. The van der Waals surface area contributed by atoms with Crippen molar-refractivity contribution < 1.29 is 0 Å². The van der Waals surface area contributed by atoms with Crippen LogP contribution in [-0.4, -0.2) is 25.6 Å². The maximum atomic E-state index is 5.27. The smallest absolute Gasteiger partial charge is 0.192 e. The molecule has 2 rings (SSSR count). The standard InChI is InChI=1S/C16H20BrN3/c1-3-10-19-15(18-4-2)20-12-16(8-9-16)13-6-5-7-14(17)11-13/h1,5-7,11H,4,8-10,12H2,2H3,(H2,18,19,20). The van der Waals surface area contributed by atoms with Gasteiger partial charge in [0.25, 0.3) is 0 Å². The lowest BCUT2D eigenvalue weighted by molar-refractivity contribution is 0.696. The van der Waals surface area contributed by atoms with Gasteiger partial charge in [0.1, 0.15) is 0 Å². The fourth-order valence-corrected chi connectivity index (χ4v) is 2.61. The Morgan fingerprint density at radius 2 is 2.25 bits per heavy atom. The van der Waals surface area contributed by atoms with E-state index in [9.17, 15) is 0 Å². The number of hydrogen-bond acceptors (Lipinski definition) is 1. The third-order valence-corrected chi connectivity index (χ3v) is 4.03. The summed E-state index contributed by atoms with van der Waals surface area (Å²) in [5, 5.41) is 6.34. The highest BCUT2D eigenvalue weighted by atomic mass is 79.9. The molecule has 0 spiro atoms. The Bertz CT molecular complexity index is 527. The molecule has 1 aromatic carbocycles. The third kappa shape index (κ3) is 3.77. The molecule has 0 aliphatic heterocycles. The number of nitrogens with one attached hydrogen (secondary N) is 2. The highest BCUT2D eigenvalue weighted by Crippen LogP contribution is 2.48. The Labute approximate surface area is 129 Å². The SMILES string of the molecule is C#CCNC(=NCC1(c2cccc(Br)c2)CC1)NCC. The Morgan fingerprint density at radius 3 is 2.85 bits per heavy atom.